The Balaban J connectivity index is 1.45. The predicted molar refractivity (Wildman–Crippen MR) is 102 cm³/mol. The van der Waals surface area contributed by atoms with Gasteiger partial charge < -0.3 is 4.90 Å². The molecule has 3 rings (SSSR count). The first kappa shape index (κ1) is 19.5. The molecule has 0 saturated carbocycles. The Bertz CT molecular complexity index is 758. The zero-order chi connectivity index (χ0) is 19.2. The number of benzene rings is 2. The summed E-state index contributed by atoms with van der Waals surface area (Å²) < 4.78 is 27.1. The smallest absolute Gasteiger partial charge is 0.222 e. The molecule has 1 unspecified atom stereocenters. The molecule has 144 valence electrons. The van der Waals surface area contributed by atoms with E-state index in [2.05, 4.69) is 17.0 Å². The summed E-state index contributed by atoms with van der Waals surface area (Å²) in [7, 11) is 0. The zero-order valence-electron chi connectivity index (χ0n) is 15.7. The van der Waals surface area contributed by atoms with E-state index >= 15 is 0 Å². The van der Waals surface area contributed by atoms with Crippen LogP contribution in [0.15, 0.2) is 48.5 Å². The van der Waals surface area contributed by atoms with Gasteiger partial charge in [0.25, 0.3) is 0 Å². The predicted octanol–water partition coefficient (Wildman–Crippen LogP) is 4.19. The van der Waals surface area contributed by atoms with E-state index < -0.39 is 11.6 Å². The summed E-state index contributed by atoms with van der Waals surface area (Å²) in [4.78, 5) is 16.5. The number of aryl methyl sites for hydroxylation is 1. The summed E-state index contributed by atoms with van der Waals surface area (Å²) in [6, 6.07) is 13.8. The molecule has 0 aromatic heterocycles. The summed E-state index contributed by atoms with van der Waals surface area (Å²) in [6.07, 6.45) is 2.31. The highest BCUT2D eigenvalue weighted by atomic mass is 19.1. The van der Waals surface area contributed by atoms with Crippen LogP contribution in [-0.4, -0.2) is 41.9 Å². The molecule has 0 spiro atoms. The van der Waals surface area contributed by atoms with Crippen molar-refractivity contribution < 1.29 is 13.6 Å². The van der Waals surface area contributed by atoms with Crippen molar-refractivity contribution >= 4 is 5.91 Å². The quantitative estimate of drug-likeness (QED) is 0.759. The van der Waals surface area contributed by atoms with Gasteiger partial charge in [-0.1, -0.05) is 36.4 Å². The highest BCUT2D eigenvalue weighted by Gasteiger charge is 2.25. The lowest BCUT2D eigenvalue weighted by atomic mass is 10.0. The molecule has 1 amide bonds. The van der Waals surface area contributed by atoms with Crippen molar-refractivity contribution in [1.29, 1.82) is 0 Å². The van der Waals surface area contributed by atoms with E-state index in [1.54, 1.807) is 0 Å². The molecule has 0 bridgehead atoms. The van der Waals surface area contributed by atoms with Crippen molar-refractivity contribution in [2.45, 2.75) is 32.2 Å². The summed E-state index contributed by atoms with van der Waals surface area (Å²) in [5.74, 6) is -0.887. The monoisotopic (exact) mass is 372 g/mol. The first-order valence-corrected chi connectivity index (χ1v) is 9.55. The van der Waals surface area contributed by atoms with Crippen LogP contribution in [0.25, 0.3) is 0 Å². The van der Waals surface area contributed by atoms with Crippen LogP contribution in [0.4, 0.5) is 8.78 Å². The van der Waals surface area contributed by atoms with Crippen LogP contribution in [0.1, 0.15) is 36.9 Å². The Labute approximate surface area is 159 Å². The summed E-state index contributed by atoms with van der Waals surface area (Å²) in [5, 5.41) is 0. The molecule has 0 aliphatic carbocycles. The molecular formula is C22H26F2N2O. The van der Waals surface area contributed by atoms with Crippen LogP contribution >= 0.6 is 0 Å². The summed E-state index contributed by atoms with van der Waals surface area (Å²) in [6.45, 7) is 4.62. The van der Waals surface area contributed by atoms with Crippen molar-refractivity contribution in [3.63, 3.8) is 0 Å². The van der Waals surface area contributed by atoms with Gasteiger partial charge in [-0.3, -0.25) is 9.69 Å². The van der Waals surface area contributed by atoms with Gasteiger partial charge in [0, 0.05) is 50.3 Å². The number of carbonyl (C=O) groups is 1. The number of hydrogen-bond donors (Lipinski definition) is 0. The second-order valence-corrected chi connectivity index (χ2v) is 7.10. The molecular weight excluding hydrogens is 346 g/mol. The average Bonchev–Trinajstić information content (AvgIpc) is 2.68. The van der Waals surface area contributed by atoms with Gasteiger partial charge in [-0.05, 0) is 31.4 Å². The molecule has 1 aliphatic rings. The third kappa shape index (κ3) is 5.13. The van der Waals surface area contributed by atoms with Gasteiger partial charge >= 0.3 is 0 Å². The standard InChI is InChI=1S/C22H26F2N2O/c1-17(20-11-10-19(23)16-21(20)24)25-12-14-26(15-13-25)22(27)9-5-8-18-6-3-2-4-7-18/h2-4,6-7,10-11,16-17H,5,8-9,12-15H2,1H3. The normalized spacial score (nSPS) is 16.3. The van der Waals surface area contributed by atoms with Crippen LogP contribution in [0.5, 0.6) is 0 Å². The molecule has 2 aromatic rings. The fourth-order valence-electron chi connectivity index (χ4n) is 3.64. The lowest BCUT2D eigenvalue weighted by Gasteiger charge is -2.38. The molecule has 1 fully saturated rings. The van der Waals surface area contributed by atoms with Crippen LogP contribution in [-0.2, 0) is 11.2 Å². The molecule has 27 heavy (non-hydrogen) atoms. The lowest BCUT2D eigenvalue weighted by Crippen LogP contribution is -2.49. The maximum absolute atomic E-state index is 14.0. The number of rotatable bonds is 6. The third-order valence-corrected chi connectivity index (χ3v) is 5.33. The van der Waals surface area contributed by atoms with E-state index in [9.17, 15) is 13.6 Å². The Kier molecular flexibility index (Phi) is 6.56. The molecule has 2 aromatic carbocycles. The highest BCUT2D eigenvalue weighted by Crippen LogP contribution is 2.25. The molecule has 0 radical (unpaired) electrons. The van der Waals surface area contributed by atoms with Gasteiger partial charge in [0.05, 0.1) is 0 Å². The van der Waals surface area contributed by atoms with Gasteiger partial charge in [-0.2, -0.15) is 0 Å². The summed E-state index contributed by atoms with van der Waals surface area (Å²) >= 11 is 0. The van der Waals surface area contributed by atoms with Gasteiger partial charge in [0.1, 0.15) is 11.6 Å². The molecule has 1 heterocycles. The molecule has 1 atom stereocenters. The minimum Gasteiger partial charge on any atom is -0.340 e. The lowest BCUT2D eigenvalue weighted by molar-refractivity contribution is -0.133. The SMILES string of the molecule is CC(c1ccc(F)cc1F)N1CCN(C(=O)CCCc2ccccc2)CC1. The number of nitrogens with zero attached hydrogens (tertiary/aromatic N) is 2. The second kappa shape index (κ2) is 9.09. The molecule has 0 N–H and O–H groups in total. The van der Waals surface area contributed by atoms with E-state index in [1.807, 2.05) is 30.0 Å². The maximum atomic E-state index is 14.0. The Morgan fingerprint density at radius 1 is 1.04 bits per heavy atom. The van der Waals surface area contributed by atoms with E-state index in [4.69, 9.17) is 0 Å². The number of amides is 1. The van der Waals surface area contributed by atoms with Gasteiger partial charge in [-0.15, -0.1) is 0 Å². The van der Waals surface area contributed by atoms with Gasteiger partial charge in [-0.25, -0.2) is 8.78 Å². The number of halogens is 2. The van der Waals surface area contributed by atoms with Crippen molar-refractivity contribution in [2.75, 3.05) is 26.2 Å². The average molecular weight is 372 g/mol. The van der Waals surface area contributed by atoms with Crippen molar-refractivity contribution in [3.8, 4) is 0 Å². The number of piperazine rings is 1. The first-order valence-electron chi connectivity index (χ1n) is 9.55. The molecule has 1 aliphatic heterocycles. The Morgan fingerprint density at radius 2 is 1.74 bits per heavy atom. The largest absolute Gasteiger partial charge is 0.340 e. The van der Waals surface area contributed by atoms with E-state index in [0.29, 0.717) is 38.2 Å². The topological polar surface area (TPSA) is 23.6 Å². The highest BCUT2D eigenvalue weighted by molar-refractivity contribution is 5.76. The van der Waals surface area contributed by atoms with E-state index in [0.717, 1.165) is 18.9 Å². The minimum absolute atomic E-state index is 0.138. The van der Waals surface area contributed by atoms with Gasteiger partial charge in [0.15, 0.2) is 0 Å². The zero-order valence-corrected chi connectivity index (χ0v) is 15.7. The minimum atomic E-state index is -0.561. The van der Waals surface area contributed by atoms with Gasteiger partial charge in [0.2, 0.25) is 5.91 Å². The number of carbonyl (C=O) groups excluding carboxylic acids is 1. The maximum Gasteiger partial charge on any atom is 0.222 e. The van der Waals surface area contributed by atoms with Crippen LogP contribution in [0, 0.1) is 11.6 Å². The Morgan fingerprint density at radius 3 is 2.41 bits per heavy atom. The van der Waals surface area contributed by atoms with Crippen molar-refractivity contribution in [1.82, 2.24) is 9.80 Å². The van der Waals surface area contributed by atoms with Crippen molar-refractivity contribution in [3.05, 3.63) is 71.3 Å². The third-order valence-electron chi connectivity index (χ3n) is 5.33. The van der Waals surface area contributed by atoms with Crippen LogP contribution in [0.3, 0.4) is 0 Å². The second-order valence-electron chi connectivity index (χ2n) is 7.10. The van der Waals surface area contributed by atoms with E-state index in [-0.39, 0.29) is 11.9 Å². The van der Waals surface area contributed by atoms with Crippen LogP contribution < -0.4 is 0 Å². The summed E-state index contributed by atoms with van der Waals surface area (Å²) in [5.41, 5.74) is 1.75. The van der Waals surface area contributed by atoms with Crippen LogP contribution in [0.2, 0.25) is 0 Å². The Hall–Kier alpha value is -2.27. The fraction of sp³-hybridized carbons (Fsp3) is 0.409. The molecule has 5 heteroatoms. The van der Waals surface area contributed by atoms with E-state index in [1.165, 1.54) is 17.7 Å². The molecule has 1 saturated heterocycles. The fourth-order valence-corrected chi connectivity index (χ4v) is 3.64. The van der Waals surface area contributed by atoms with Crippen molar-refractivity contribution in [2.24, 2.45) is 0 Å². The molecule has 3 nitrogen and oxygen atoms in total. The first-order chi connectivity index (χ1) is 13.0. The number of hydrogen-bond acceptors (Lipinski definition) is 2.